The van der Waals surface area contributed by atoms with E-state index in [9.17, 15) is 0 Å². The van der Waals surface area contributed by atoms with Crippen molar-refractivity contribution in [3.05, 3.63) is 29.6 Å². The van der Waals surface area contributed by atoms with Crippen molar-refractivity contribution in [2.45, 2.75) is 75.6 Å². The highest BCUT2D eigenvalue weighted by Crippen LogP contribution is 2.39. The summed E-state index contributed by atoms with van der Waals surface area (Å²) in [6.45, 7) is 1.75. The van der Waals surface area contributed by atoms with Gasteiger partial charge in [0.2, 0.25) is 0 Å². The van der Waals surface area contributed by atoms with Crippen molar-refractivity contribution in [1.29, 1.82) is 0 Å². The van der Waals surface area contributed by atoms with Crippen molar-refractivity contribution < 1.29 is 4.74 Å². The number of methoxy groups -OCH3 is 1. The maximum atomic E-state index is 5.65. The summed E-state index contributed by atoms with van der Waals surface area (Å²) in [6, 6.07) is 3.00. The van der Waals surface area contributed by atoms with Crippen molar-refractivity contribution in [2.75, 3.05) is 13.7 Å². The number of rotatable bonds is 6. The number of nitrogens with zero attached hydrogens (tertiary/aromatic N) is 5. The smallest absolute Gasteiger partial charge is 0.153 e. The lowest BCUT2D eigenvalue weighted by molar-refractivity contribution is 0.107. The number of H-pyrrole nitrogens is 1. The molecule has 1 aliphatic heterocycles. The van der Waals surface area contributed by atoms with Gasteiger partial charge in [0.15, 0.2) is 5.82 Å². The van der Waals surface area contributed by atoms with E-state index in [0.717, 1.165) is 36.9 Å². The van der Waals surface area contributed by atoms with Crippen LogP contribution in [0.3, 0.4) is 0 Å². The molecule has 0 amide bonds. The van der Waals surface area contributed by atoms with E-state index in [1.54, 1.807) is 7.11 Å². The van der Waals surface area contributed by atoms with Gasteiger partial charge in [-0.1, -0.05) is 12.8 Å². The molecule has 0 bridgehead atoms. The molecule has 7 heteroatoms. The Morgan fingerprint density at radius 3 is 2.85 bits per heavy atom. The highest BCUT2D eigenvalue weighted by molar-refractivity contribution is 5.10. The topological polar surface area (TPSA) is 71.9 Å². The third-order valence-electron chi connectivity index (χ3n) is 6.20. The summed E-state index contributed by atoms with van der Waals surface area (Å²) in [4.78, 5) is 7.23. The van der Waals surface area contributed by atoms with E-state index in [-0.39, 0.29) is 12.1 Å². The van der Waals surface area contributed by atoms with Crippen LogP contribution < -0.4 is 0 Å². The molecular weight excluding hydrogens is 328 g/mol. The van der Waals surface area contributed by atoms with Crippen LogP contribution in [0.15, 0.2) is 12.3 Å². The molecule has 2 aliphatic carbocycles. The molecule has 3 heterocycles. The van der Waals surface area contributed by atoms with Gasteiger partial charge in [0.25, 0.3) is 0 Å². The van der Waals surface area contributed by atoms with Crippen LogP contribution in [0.25, 0.3) is 0 Å². The van der Waals surface area contributed by atoms with Gasteiger partial charge < -0.3 is 4.74 Å². The first-order valence-electron chi connectivity index (χ1n) is 10.0. The fraction of sp³-hybridized carbons (Fsp3) is 0.737. The number of hydrogen-bond donors (Lipinski definition) is 1. The van der Waals surface area contributed by atoms with Gasteiger partial charge in [-0.3, -0.25) is 14.7 Å². The van der Waals surface area contributed by atoms with Crippen LogP contribution in [0.4, 0.5) is 0 Å². The Bertz CT molecular complexity index is 745. The molecule has 0 radical (unpaired) electrons. The van der Waals surface area contributed by atoms with Gasteiger partial charge in [0.05, 0.1) is 23.9 Å². The Morgan fingerprint density at radius 2 is 2.08 bits per heavy atom. The first-order chi connectivity index (χ1) is 12.8. The van der Waals surface area contributed by atoms with E-state index in [1.165, 1.54) is 38.5 Å². The highest BCUT2D eigenvalue weighted by Gasteiger charge is 2.37. The van der Waals surface area contributed by atoms with Crippen LogP contribution in [0, 0.1) is 0 Å². The summed E-state index contributed by atoms with van der Waals surface area (Å²) in [6.07, 6.45) is 11.0. The minimum Gasteiger partial charge on any atom is -0.380 e. The van der Waals surface area contributed by atoms with E-state index >= 15 is 0 Å². The fourth-order valence-corrected chi connectivity index (χ4v) is 4.49. The summed E-state index contributed by atoms with van der Waals surface area (Å²) in [5.74, 6) is 2.56. The normalized spacial score (nSPS) is 27.6. The molecule has 2 atom stereocenters. The van der Waals surface area contributed by atoms with E-state index in [1.807, 2.05) is 0 Å². The number of nitrogens with one attached hydrogen (secondary N) is 1. The van der Waals surface area contributed by atoms with Gasteiger partial charge in [-0.2, -0.15) is 10.2 Å². The molecule has 0 unspecified atom stereocenters. The lowest BCUT2D eigenvalue weighted by Crippen LogP contribution is -2.25. The van der Waals surface area contributed by atoms with Crippen LogP contribution in [-0.2, 0) is 11.3 Å². The van der Waals surface area contributed by atoms with Gasteiger partial charge in [-0.25, -0.2) is 4.98 Å². The number of ether oxygens (including phenoxy) is 1. The molecule has 0 aromatic carbocycles. The van der Waals surface area contributed by atoms with Gasteiger partial charge >= 0.3 is 0 Å². The summed E-state index contributed by atoms with van der Waals surface area (Å²) in [7, 11) is 1.80. The van der Waals surface area contributed by atoms with E-state index in [4.69, 9.17) is 14.8 Å². The number of hydrogen-bond acceptors (Lipinski definition) is 5. The molecule has 2 aromatic heterocycles. The van der Waals surface area contributed by atoms with Gasteiger partial charge in [-0.15, -0.1) is 0 Å². The SMILES string of the molecule is CO[C@@H]1C[C@@H](c2nc(C3CC3)n[nH]2)N(Cc2ccn(C3CCCC3)n2)C1. The lowest BCUT2D eigenvalue weighted by atomic mass is 10.2. The Kier molecular flexibility index (Phi) is 4.29. The van der Waals surface area contributed by atoms with E-state index in [0.29, 0.717) is 12.0 Å². The third kappa shape index (κ3) is 3.18. The average Bonchev–Trinajstić information content (AvgIpc) is 3.15. The van der Waals surface area contributed by atoms with Crippen molar-refractivity contribution in [3.8, 4) is 0 Å². The number of aromatic amines is 1. The quantitative estimate of drug-likeness (QED) is 0.861. The minimum absolute atomic E-state index is 0.233. The Morgan fingerprint density at radius 1 is 1.23 bits per heavy atom. The molecule has 5 rings (SSSR count). The summed E-state index contributed by atoms with van der Waals surface area (Å²) in [5.41, 5.74) is 1.14. The molecular formula is C19H28N6O. The van der Waals surface area contributed by atoms with Crippen molar-refractivity contribution in [2.24, 2.45) is 0 Å². The molecule has 3 fully saturated rings. The summed E-state index contributed by atoms with van der Waals surface area (Å²) in [5, 5.41) is 12.5. The Labute approximate surface area is 154 Å². The standard InChI is InChI=1S/C19H28N6O/c1-26-16-10-17(19-20-18(21-22-19)13-6-7-13)24(12-16)11-14-8-9-25(23-14)15-4-2-3-5-15/h8-9,13,15-17H,2-7,10-12H2,1H3,(H,20,21,22)/t16-,17+/m1/s1. The van der Waals surface area contributed by atoms with Crippen LogP contribution in [0.5, 0.6) is 0 Å². The van der Waals surface area contributed by atoms with Gasteiger partial charge in [0, 0.05) is 32.3 Å². The first kappa shape index (κ1) is 16.4. The zero-order valence-corrected chi connectivity index (χ0v) is 15.5. The monoisotopic (exact) mass is 356 g/mol. The maximum absolute atomic E-state index is 5.65. The van der Waals surface area contributed by atoms with Gasteiger partial charge in [0.1, 0.15) is 5.82 Å². The lowest BCUT2D eigenvalue weighted by Gasteiger charge is -2.21. The van der Waals surface area contributed by atoms with Crippen molar-refractivity contribution in [1.82, 2.24) is 29.9 Å². The highest BCUT2D eigenvalue weighted by atomic mass is 16.5. The average molecular weight is 356 g/mol. The van der Waals surface area contributed by atoms with Crippen molar-refractivity contribution in [3.63, 3.8) is 0 Å². The predicted octanol–water partition coefficient (Wildman–Crippen LogP) is 2.96. The second-order valence-corrected chi connectivity index (χ2v) is 8.12. The van der Waals surface area contributed by atoms with Crippen molar-refractivity contribution >= 4 is 0 Å². The molecule has 7 nitrogen and oxygen atoms in total. The second-order valence-electron chi connectivity index (χ2n) is 8.12. The summed E-state index contributed by atoms with van der Waals surface area (Å²) >= 11 is 0. The number of aromatic nitrogens is 5. The minimum atomic E-state index is 0.233. The Hall–Kier alpha value is -1.73. The largest absolute Gasteiger partial charge is 0.380 e. The maximum Gasteiger partial charge on any atom is 0.153 e. The Balaban J connectivity index is 1.31. The first-order valence-corrected chi connectivity index (χ1v) is 10.0. The van der Waals surface area contributed by atoms with E-state index < -0.39 is 0 Å². The molecule has 1 saturated heterocycles. The third-order valence-corrected chi connectivity index (χ3v) is 6.20. The zero-order valence-electron chi connectivity index (χ0n) is 15.5. The van der Waals surface area contributed by atoms with Gasteiger partial charge in [-0.05, 0) is 38.2 Å². The van der Waals surface area contributed by atoms with Crippen LogP contribution in [-0.4, -0.2) is 49.6 Å². The molecule has 26 heavy (non-hydrogen) atoms. The molecule has 1 N–H and O–H groups in total. The molecule has 2 saturated carbocycles. The fourth-order valence-electron chi connectivity index (χ4n) is 4.49. The summed E-state index contributed by atoms with van der Waals surface area (Å²) < 4.78 is 7.84. The number of likely N-dealkylation sites (tertiary alicyclic amines) is 1. The van der Waals surface area contributed by atoms with E-state index in [2.05, 4.69) is 32.0 Å². The molecule has 140 valence electrons. The second kappa shape index (κ2) is 6.78. The molecule has 0 spiro atoms. The van der Waals surface area contributed by atoms with Crippen LogP contribution in [0.2, 0.25) is 0 Å². The van der Waals surface area contributed by atoms with Crippen LogP contribution in [0.1, 0.15) is 80.3 Å². The zero-order chi connectivity index (χ0) is 17.5. The molecule has 2 aromatic rings. The molecule has 3 aliphatic rings. The van der Waals surface area contributed by atoms with Crippen LogP contribution >= 0.6 is 0 Å². The predicted molar refractivity (Wildman–Crippen MR) is 96.7 cm³/mol.